The number of aliphatic hydroxyl groups is 1. The molecule has 29 heavy (non-hydrogen) atoms. The molecule has 0 bridgehead atoms. The van der Waals surface area contributed by atoms with Gasteiger partial charge in [-0.05, 0) is 56.1 Å². The molecule has 0 aromatic heterocycles. The Bertz CT molecular complexity index is 619. The second kappa shape index (κ2) is 13.4. The molecule has 0 saturated carbocycles. The number of nitrogens with zero attached hydrogens (tertiary/aromatic N) is 2. The van der Waals surface area contributed by atoms with Crippen molar-refractivity contribution in [2.45, 2.75) is 66.0 Å². The van der Waals surface area contributed by atoms with Gasteiger partial charge in [-0.2, -0.15) is 0 Å². The Morgan fingerprint density at radius 2 is 1.86 bits per heavy atom. The number of hydrogen-bond acceptors (Lipinski definition) is 3. The predicted molar refractivity (Wildman–Crippen MR) is 134 cm³/mol. The van der Waals surface area contributed by atoms with Crippen LogP contribution in [0.3, 0.4) is 0 Å². The van der Waals surface area contributed by atoms with Crippen LogP contribution in [0.25, 0.3) is 0 Å². The van der Waals surface area contributed by atoms with Gasteiger partial charge in [0.2, 0.25) is 0 Å². The first-order valence-corrected chi connectivity index (χ1v) is 11.0. The van der Waals surface area contributed by atoms with Gasteiger partial charge in [0.15, 0.2) is 5.96 Å². The van der Waals surface area contributed by atoms with Gasteiger partial charge in [0.1, 0.15) is 0 Å². The molecule has 6 heteroatoms. The van der Waals surface area contributed by atoms with E-state index in [2.05, 4.69) is 67.5 Å². The van der Waals surface area contributed by atoms with E-state index < -0.39 is 0 Å². The Balaban J connectivity index is 0.00000420. The minimum atomic E-state index is 0. The molecule has 1 atom stereocenters. The van der Waals surface area contributed by atoms with Crippen molar-refractivity contribution in [1.29, 1.82) is 0 Å². The molecule has 0 radical (unpaired) electrons. The Labute approximate surface area is 194 Å². The van der Waals surface area contributed by atoms with Gasteiger partial charge in [-0.3, -0.25) is 9.89 Å². The number of rotatable bonds is 10. The second-order valence-corrected chi connectivity index (χ2v) is 8.09. The lowest BCUT2D eigenvalue weighted by Gasteiger charge is -2.34. The van der Waals surface area contributed by atoms with Gasteiger partial charge in [-0.25, -0.2) is 0 Å². The van der Waals surface area contributed by atoms with Gasteiger partial charge in [-0.1, -0.05) is 38.1 Å². The number of fused-ring (bicyclic) bond motifs is 1. The van der Waals surface area contributed by atoms with Gasteiger partial charge in [0, 0.05) is 45.4 Å². The van der Waals surface area contributed by atoms with Gasteiger partial charge < -0.3 is 15.7 Å². The highest BCUT2D eigenvalue weighted by Crippen LogP contribution is 2.30. The molecule has 1 heterocycles. The Hall–Kier alpha value is -0.860. The largest absolute Gasteiger partial charge is 0.396 e. The van der Waals surface area contributed by atoms with Crippen LogP contribution in [0, 0.1) is 5.41 Å². The molecule has 1 aliphatic heterocycles. The van der Waals surface area contributed by atoms with E-state index >= 15 is 0 Å². The van der Waals surface area contributed by atoms with Crippen LogP contribution < -0.4 is 10.6 Å². The number of guanidine groups is 1. The van der Waals surface area contributed by atoms with E-state index in [0.717, 1.165) is 64.4 Å². The lowest BCUT2D eigenvalue weighted by molar-refractivity contribution is 0.175. The van der Waals surface area contributed by atoms with Gasteiger partial charge in [0.05, 0.1) is 0 Å². The summed E-state index contributed by atoms with van der Waals surface area (Å²) in [6, 6.07) is 9.23. The number of halogens is 1. The van der Waals surface area contributed by atoms with E-state index in [0.29, 0.717) is 6.04 Å². The van der Waals surface area contributed by atoms with Crippen LogP contribution in [0.2, 0.25) is 0 Å². The SMILES string of the molecule is CCNC(=NCC(CC)(CC)CCO)NCC(C)N1CCc2ccccc2C1.I. The normalized spacial score (nSPS) is 16.0. The summed E-state index contributed by atoms with van der Waals surface area (Å²) in [5, 5.41) is 16.4. The van der Waals surface area contributed by atoms with E-state index in [4.69, 9.17) is 4.99 Å². The molecular weight excluding hydrogens is 475 g/mol. The first-order valence-electron chi connectivity index (χ1n) is 11.0. The van der Waals surface area contributed by atoms with Crippen molar-refractivity contribution < 1.29 is 5.11 Å². The fourth-order valence-electron chi connectivity index (χ4n) is 4.00. The molecule has 1 unspecified atom stereocenters. The van der Waals surface area contributed by atoms with Crippen LogP contribution in [-0.2, 0) is 13.0 Å². The van der Waals surface area contributed by atoms with Crippen LogP contribution >= 0.6 is 24.0 Å². The summed E-state index contributed by atoms with van der Waals surface area (Å²) in [6.45, 7) is 13.6. The molecule has 1 aliphatic rings. The zero-order valence-electron chi connectivity index (χ0n) is 18.7. The molecule has 1 aromatic carbocycles. The first kappa shape index (κ1) is 26.2. The van der Waals surface area contributed by atoms with Gasteiger partial charge in [0.25, 0.3) is 0 Å². The Kier molecular flexibility index (Phi) is 12.1. The van der Waals surface area contributed by atoms with Crippen LogP contribution in [0.15, 0.2) is 29.3 Å². The van der Waals surface area contributed by atoms with E-state index in [9.17, 15) is 5.11 Å². The van der Waals surface area contributed by atoms with Crippen molar-refractivity contribution in [3.05, 3.63) is 35.4 Å². The van der Waals surface area contributed by atoms with Crippen LogP contribution in [-0.4, -0.2) is 54.8 Å². The van der Waals surface area contributed by atoms with Crippen molar-refractivity contribution in [2.24, 2.45) is 10.4 Å². The van der Waals surface area contributed by atoms with E-state index in [1.54, 1.807) is 0 Å². The van der Waals surface area contributed by atoms with Crippen molar-refractivity contribution in [1.82, 2.24) is 15.5 Å². The fourth-order valence-corrected chi connectivity index (χ4v) is 4.00. The summed E-state index contributed by atoms with van der Waals surface area (Å²) in [6.07, 6.45) is 4.02. The standard InChI is InChI=1S/C23H40N4O.HI/c1-5-23(6-2,13-15-28)18-26-22(24-7-3)25-16-19(4)27-14-12-20-10-8-9-11-21(20)17-27;/h8-11,19,28H,5-7,12-18H2,1-4H3,(H2,24,25,26);1H. The summed E-state index contributed by atoms with van der Waals surface area (Å²) in [4.78, 5) is 7.41. The molecule has 1 aromatic rings. The molecule has 0 amide bonds. The second-order valence-electron chi connectivity index (χ2n) is 8.09. The van der Waals surface area contributed by atoms with Crippen molar-refractivity contribution >= 4 is 29.9 Å². The first-order chi connectivity index (χ1) is 13.6. The highest BCUT2D eigenvalue weighted by molar-refractivity contribution is 14.0. The summed E-state index contributed by atoms with van der Waals surface area (Å²) < 4.78 is 0. The molecular formula is C23H41IN4O. The van der Waals surface area contributed by atoms with Crippen molar-refractivity contribution in [2.75, 3.05) is 32.8 Å². The zero-order valence-corrected chi connectivity index (χ0v) is 21.0. The molecule has 0 fully saturated rings. The molecule has 3 N–H and O–H groups in total. The maximum atomic E-state index is 9.44. The Morgan fingerprint density at radius 1 is 1.17 bits per heavy atom. The van der Waals surface area contributed by atoms with Gasteiger partial charge in [-0.15, -0.1) is 24.0 Å². The van der Waals surface area contributed by atoms with E-state index in [-0.39, 0.29) is 36.0 Å². The lowest BCUT2D eigenvalue weighted by atomic mass is 9.79. The third-order valence-electron chi connectivity index (χ3n) is 6.41. The average Bonchev–Trinajstić information content (AvgIpc) is 2.74. The summed E-state index contributed by atoms with van der Waals surface area (Å²) in [5.41, 5.74) is 3.05. The van der Waals surface area contributed by atoms with E-state index in [1.165, 1.54) is 11.1 Å². The highest BCUT2D eigenvalue weighted by atomic mass is 127. The smallest absolute Gasteiger partial charge is 0.191 e. The summed E-state index contributed by atoms with van der Waals surface area (Å²) in [7, 11) is 0. The van der Waals surface area contributed by atoms with Crippen LogP contribution in [0.5, 0.6) is 0 Å². The van der Waals surface area contributed by atoms with Crippen LogP contribution in [0.4, 0.5) is 0 Å². The topological polar surface area (TPSA) is 59.9 Å². The molecule has 5 nitrogen and oxygen atoms in total. The number of aliphatic hydroxyl groups excluding tert-OH is 1. The fraction of sp³-hybridized carbons (Fsp3) is 0.696. The molecule has 0 aliphatic carbocycles. The minimum absolute atomic E-state index is 0. The molecule has 2 rings (SSSR count). The number of aliphatic imine (C=N–C) groups is 1. The minimum Gasteiger partial charge on any atom is -0.396 e. The van der Waals surface area contributed by atoms with Gasteiger partial charge >= 0.3 is 0 Å². The predicted octanol–water partition coefficient (Wildman–Crippen LogP) is 3.80. The van der Waals surface area contributed by atoms with Crippen molar-refractivity contribution in [3.8, 4) is 0 Å². The third kappa shape index (κ3) is 7.72. The Morgan fingerprint density at radius 3 is 2.48 bits per heavy atom. The molecule has 166 valence electrons. The lowest BCUT2D eigenvalue weighted by Crippen LogP contribution is -2.47. The van der Waals surface area contributed by atoms with E-state index in [1.807, 2.05) is 0 Å². The quantitative estimate of drug-likeness (QED) is 0.252. The summed E-state index contributed by atoms with van der Waals surface area (Å²) >= 11 is 0. The van der Waals surface area contributed by atoms with Crippen molar-refractivity contribution in [3.63, 3.8) is 0 Å². The maximum absolute atomic E-state index is 9.44. The summed E-state index contributed by atoms with van der Waals surface area (Å²) in [5.74, 6) is 0.885. The highest BCUT2D eigenvalue weighted by Gasteiger charge is 2.25. The third-order valence-corrected chi connectivity index (χ3v) is 6.41. The average molecular weight is 517 g/mol. The van der Waals surface area contributed by atoms with Crippen LogP contribution in [0.1, 0.15) is 58.1 Å². The zero-order chi connectivity index (χ0) is 20.4. The number of nitrogens with one attached hydrogen (secondary N) is 2. The maximum Gasteiger partial charge on any atom is 0.191 e. The number of benzene rings is 1. The monoisotopic (exact) mass is 516 g/mol. The molecule has 0 spiro atoms. The molecule has 0 saturated heterocycles. The number of hydrogen-bond donors (Lipinski definition) is 3.